The number of hydrogen-bond acceptors (Lipinski definition) is 2. The van der Waals surface area contributed by atoms with E-state index in [1.165, 1.54) is 6.08 Å². The van der Waals surface area contributed by atoms with Crippen molar-refractivity contribution in [2.24, 2.45) is 0 Å². The van der Waals surface area contributed by atoms with E-state index in [1.54, 1.807) is 12.1 Å². The van der Waals surface area contributed by atoms with Crippen molar-refractivity contribution in [1.29, 1.82) is 0 Å². The number of aromatic nitrogens is 2. The fourth-order valence-electron chi connectivity index (χ4n) is 1.40. The first-order chi connectivity index (χ1) is 8.63. The lowest BCUT2D eigenvalue weighted by Gasteiger charge is -1.96. The van der Waals surface area contributed by atoms with Crippen LogP contribution in [0.2, 0.25) is 0 Å². The van der Waals surface area contributed by atoms with E-state index in [1.807, 2.05) is 31.2 Å². The maximum Gasteiger partial charge on any atom is 0.249 e. The molecule has 0 spiro atoms. The number of nitrogens with one attached hydrogen (secondary N) is 2. The minimum absolute atomic E-state index is 0.204. The zero-order valence-corrected chi connectivity index (χ0v) is 11.4. The number of rotatable bonds is 3. The molecule has 1 heterocycles. The number of halogens is 1. The molecule has 1 aromatic heterocycles. The summed E-state index contributed by atoms with van der Waals surface area (Å²) >= 11 is 3.36. The van der Waals surface area contributed by atoms with Crippen molar-refractivity contribution in [3.8, 4) is 0 Å². The predicted octanol–water partition coefficient (Wildman–Crippen LogP) is 3.13. The molecule has 0 aliphatic carbocycles. The Morgan fingerprint density at radius 2 is 2.11 bits per heavy atom. The number of nitrogens with zero attached hydrogens (tertiary/aromatic N) is 1. The molecule has 1 amide bonds. The molecule has 0 atom stereocenters. The number of carbonyl (C=O) groups excluding carboxylic acids is 1. The third-order valence-electron chi connectivity index (χ3n) is 2.25. The molecule has 0 unspecified atom stereocenters. The van der Waals surface area contributed by atoms with Gasteiger partial charge in [-0.05, 0) is 30.7 Å². The van der Waals surface area contributed by atoms with Crippen molar-refractivity contribution in [2.45, 2.75) is 6.92 Å². The summed E-state index contributed by atoms with van der Waals surface area (Å²) in [6.45, 7) is 1.88. The Morgan fingerprint density at radius 1 is 1.39 bits per heavy atom. The van der Waals surface area contributed by atoms with E-state index in [0.29, 0.717) is 5.82 Å². The van der Waals surface area contributed by atoms with Crippen molar-refractivity contribution >= 4 is 33.7 Å². The van der Waals surface area contributed by atoms with Crippen molar-refractivity contribution in [3.05, 3.63) is 52.1 Å². The molecule has 92 valence electrons. The van der Waals surface area contributed by atoms with Gasteiger partial charge in [0.2, 0.25) is 5.91 Å². The smallest absolute Gasteiger partial charge is 0.249 e. The van der Waals surface area contributed by atoms with Gasteiger partial charge in [-0.2, -0.15) is 5.10 Å². The summed E-state index contributed by atoms with van der Waals surface area (Å²) in [4.78, 5) is 11.6. The minimum atomic E-state index is -0.204. The first-order valence-corrected chi connectivity index (χ1v) is 6.19. The average Bonchev–Trinajstić information content (AvgIpc) is 2.74. The maximum absolute atomic E-state index is 11.6. The second kappa shape index (κ2) is 5.64. The van der Waals surface area contributed by atoms with Crippen molar-refractivity contribution in [3.63, 3.8) is 0 Å². The second-order valence-corrected chi connectivity index (χ2v) is 4.73. The molecule has 1 aromatic carbocycles. The van der Waals surface area contributed by atoms with E-state index in [-0.39, 0.29) is 5.91 Å². The third-order valence-corrected chi connectivity index (χ3v) is 2.78. The summed E-state index contributed by atoms with van der Waals surface area (Å²) in [7, 11) is 0. The molecular weight excluding hydrogens is 294 g/mol. The molecule has 0 bridgehead atoms. The van der Waals surface area contributed by atoms with Crippen LogP contribution in [-0.4, -0.2) is 16.1 Å². The Bertz CT molecular complexity index is 572. The van der Waals surface area contributed by atoms with Crippen LogP contribution in [0.15, 0.2) is 40.9 Å². The van der Waals surface area contributed by atoms with Gasteiger partial charge >= 0.3 is 0 Å². The number of benzene rings is 1. The van der Waals surface area contributed by atoms with Crippen LogP contribution in [0.3, 0.4) is 0 Å². The van der Waals surface area contributed by atoms with Crippen molar-refractivity contribution in [1.82, 2.24) is 10.2 Å². The van der Waals surface area contributed by atoms with Crippen molar-refractivity contribution < 1.29 is 4.79 Å². The fourth-order valence-corrected chi connectivity index (χ4v) is 1.66. The second-order valence-electron chi connectivity index (χ2n) is 3.81. The Morgan fingerprint density at radius 3 is 2.72 bits per heavy atom. The minimum Gasteiger partial charge on any atom is -0.306 e. The Hall–Kier alpha value is -1.88. The van der Waals surface area contributed by atoms with E-state index >= 15 is 0 Å². The first kappa shape index (κ1) is 12.6. The van der Waals surface area contributed by atoms with Gasteiger partial charge in [-0.15, -0.1) is 0 Å². The zero-order valence-electron chi connectivity index (χ0n) is 9.77. The highest BCUT2D eigenvalue weighted by Gasteiger charge is 2.00. The Balaban J connectivity index is 1.96. The topological polar surface area (TPSA) is 57.8 Å². The summed E-state index contributed by atoms with van der Waals surface area (Å²) in [5, 5.41) is 9.35. The van der Waals surface area contributed by atoms with E-state index in [0.717, 1.165) is 15.7 Å². The average molecular weight is 306 g/mol. The number of aromatic amines is 1. The predicted molar refractivity (Wildman–Crippen MR) is 75.1 cm³/mol. The Labute approximate surface area is 113 Å². The monoisotopic (exact) mass is 305 g/mol. The van der Waals surface area contributed by atoms with Gasteiger partial charge in [0.05, 0.1) is 0 Å². The van der Waals surface area contributed by atoms with Gasteiger partial charge in [-0.3, -0.25) is 9.89 Å². The van der Waals surface area contributed by atoms with Crippen LogP contribution in [0.25, 0.3) is 6.08 Å². The molecule has 2 aromatic rings. The molecule has 0 aliphatic heterocycles. The van der Waals surface area contributed by atoms with Crippen LogP contribution < -0.4 is 5.32 Å². The number of anilines is 1. The molecule has 0 saturated heterocycles. The van der Waals surface area contributed by atoms with Crippen LogP contribution >= 0.6 is 15.9 Å². The van der Waals surface area contributed by atoms with Crippen LogP contribution in [-0.2, 0) is 4.79 Å². The van der Waals surface area contributed by atoms with Crippen LogP contribution in [0.1, 0.15) is 11.3 Å². The molecule has 4 nitrogen and oxygen atoms in total. The molecule has 2 N–H and O–H groups in total. The van der Waals surface area contributed by atoms with E-state index in [4.69, 9.17) is 0 Å². The lowest BCUT2D eigenvalue weighted by molar-refractivity contribution is -0.111. The highest BCUT2D eigenvalue weighted by Crippen LogP contribution is 2.11. The lowest BCUT2D eigenvalue weighted by Crippen LogP contribution is -2.07. The normalized spacial score (nSPS) is 10.8. The maximum atomic E-state index is 11.6. The van der Waals surface area contributed by atoms with Gasteiger partial charge in [0.15, 0.2) is 5.82 Å². The molecule has 0 saturated carbocycles. The van der Waals surface area contributed by atoms with Crippen LogP contribution in [0, 0.1) is 6.92 Å². The van der Waals surface area contributed by atoms with Crippen LogP contribution in [0.4, 0.5) is 5.82 Å². The van der Waals surface area contributed by atoms with E-state index in [9.17, 15) is 4.79 Å². The van der Waals surface area contributed by atoms with Gasteiger partial charge in [0.25, 0.3) is 0 Å². The van der Waals surface area contributed by atoms with E-state index < -0.39 is 0 Å². The Kier molecular flexibility index (Phi) is 3.94. The van der Waals surface area contributed by atoms with Gasteiger partial charge in [0, 0.05) is 22.3 Å². The summed E-state index contributed by atoms with van der Waals surface area (Å²) in [5.74, 6) is 0.322. The quantitative estimate of drug-likeness (QED) is 0.856. The largest absolute Gasteiger partial charge is 0.306 e. The number of H-pyrrole nitrogens is 1. The van der Waals surface area contributed by atoms with Gasteiger partial charge in [-0.1, -0.05) is 28.1 Å². The first-order valence-electron chi connectivity index (χ1n) is 5.40. The fraction of sp³-hybridized carbons (Fsp3) is 0.0769. The highest BCUT2D eigenvalue weighted by atomic mass is 79.9. The summed E-state index contributed by atoms with van der Waals surface area (Å²) in [6.07, 6.45) is 3.23. The highest BCUT2D eigenvalue weighted by molar-refractivity contribution is 9.10. The van der Waals surface area contributed by atoms with Gasteiger partial charge in [0.1, 0.15) is 0 Å². The molecule has 5 heteroatoms. The van der Waals surface area contributed by atoms with Gasteiger partial charge < -0.3 is 5.32 Å². The standard InChI is InChI=1S/C13H12BrN3O/c1-9-8-12(17-16-9)15-13(18)7-4-10-2-5-11(14)6-3-10/h2-8H,1H3,(H2,15,16,17,18)/b7-4+. The molecular formula is C13H12BrN3O. The van der Waals surface area contributed by atoms with Gasteiger partial charge in [-0.25, -0.2) is 0 Å². The lowest BCUT2D eigenvalue weighted by atomic mass is 10.2. The molecule has 0 fully saturated rings. The number of aryl methyl sites for hydroxylation is 1. The summed E-state index contributed by atoms with van der Waals surface area (Å²) in [6, 6.07) is 9.47. The number of hydrogen-bond donors (Lipinski definition) is 2. The van der Waals surface area contributed by atoms with E-state index in [2.05, 4.69) is 31.4 Å². The summed E-state index contributed by atoms with van der Waals surface area (Å²) < 4.78 is 1.01. The van der Waals surface area contributed by atoms with Crippen molar-refractivity contribution in [2.75, 3.05) is 5.32 Å². The summed E-state index contributed by atoms with van der Waals surface area (Å²) in [5.41, 5.74) is 1.87. The van der Waals surface area contributed by atoms with Crippen LogP contribution in [0.5, 0.6) is 0 Å². The third kappa shape index (κ3) is 3.56. The zero-order chi connectivity index (χ0) is 13.0. The molecule has 0 radical (unpaired) electrons. The number of amides is 1. The molecule has 0 aliphatic rings. The number of carbonyl (C=O) groups is 1. The molecule has 2 rings (SSSR count). The molecule has 18 heavy (non-hydrogen) atoms. The SMILES string of the molecule is Cc1cc(NC(=O)/C=C/c2ccc(Br)cc2)n[nH]1.